The molecule has 0 N–H and O–H groups in total. The average molecular weight is 430 g/mol. The molecule has 5 rings (SSSR count). The molecule has 0 atom stereocenters. The summed E-state index contributed by atoms with van der Waals surface area (Å²) in [6.45, 7) is 5.75. The zero-order chi connectivity index (χ0) is 21.8. The zero-order valence-electron chi connectivity index (χ0n) is 18.0. The van der Waals surface area contributed by atoms with Gasteiger partial charge in [0.05, 0.1) is 5.92 Å². The third-order valence-electron chi connectivity index (χ3n) is 6.09. The highest BCUT2D eigenvalue weighted by Gasteiger charge is 2.37. The number of anilines is 1. The highest BCUT2D eigenvalue weighted by atomic mass is 16.2. The Balaban J connectivity index is 1.08. The van der Waals surface area contributed by atoms with E-state index < -0.39 is 0 Å². The number of carbonyl (C=O) groups excluding carboxylic acids is 1. The minimum atomic E-state index is 0.0441. The van der Waals surface area contributed by atoms with Gasteiger partial charge in [-0.1, -0.05) is 42.5 Å². The fourth-order valence-electron chi connectivity index (χ4n) is 4.17. The van der Waals surface area contributed by atoms with E-state index in [-0.39, 0.29) is 11.8 Å². The molecule has 0 bridgehead atoms. The summed E-state index contributed by atoms with van der Waals surface area (Å²) in [5, 5.41) is 4.21. The van der Waals surface area contributed by atoms with Crippen LogP contribution in [0.4, 0.5) is 5.82 Å². The van der Waals surface area contributed by atoms with Gasteiger partial charge in [0, 0.05) is 64.3 Å². The number of carbonyl (C=O) groups is 1. The van der Waals surface area contributed by atoms with Crippen molar-refractivity contribution in [3.05, 3.63) is 72.8 Å². The molecule has 2 aliphatic heterocycles. The molecule has 1 aromatic carbocycles. The Hall–Kier alpha value is -3.52. The number of aromatic nitrogens is 4. The van der Waals surface area contributed by atoms with Crippen molar-refractivity contribution in [2.24, 2.45) is 5.92 Å². The van der Waals surface area contributed by atoms with Crippen LogP contribution in [0.2, 0.25) is 0 Å². The quantitative estimate of drug-likeness (QED) is 0.597. The Morgan fingerprint density at radius 3 is 2.53 bits per heavy atom. The fraction of sp³-hybridized carbons (Fsp3) is 0.333. The Kier molecular flexibility index (Phi) is 5.93. The van der Waals surface area contributed by atoms with Gasteiger partial charge < -0.3 is 9.80 Å². The number of hydrogen-bond donors (Lipinski definition) is 0. The van der Waals surface area contributed by atoms with Crippen LogP contribution >= 0.6 is 0 Å². The molecule has 0 spiro atoms. The van der Waals surface area contributed by atoms with Crippen molar-refractivity contribution in [1.29, 1.82) is 0 Å². The minimum Gasteiger partial charge on any atom is -0.355 e. The van der Waals surface area contributed by atoms with Crippen molar-refractivity contribution >= 4 is 17.8 Å². The summed E-state index contributed by atoms with van der Waals surface area (Å²) < 4.78 is 1.71. The Bertz CT molecular complexity index is 1050. The van der Waals surface area contributed by atoms with E-state index in [9.17, 15) is 4.79 Å². The zero-order valence-corrected chi connectivity index (χ0v) is 18.0. The average Bonchev–Trinajstić information content (AvgIpc) is 3.35. The van der Waals surface area contributed by atoms with Gasteiger partial charge >= 0.3 is 0 Å². The normalized spacial score (nSPS) is 17.6. The van der Waals surface area contributed by atoms with Gasteiger partial charge in [-0.15, -0.1) is 0 Å². The number of rotatable bonds is 6. The topological polar surface area (TPSA) is 70.4 Å². The summed E-state index contributed by atoms with van der Waals surface area (Å²) in [6, 6.07) is 14.1. The largest absolute Gasteiger partial charge is 0.355 e. The second-order valence-electron chi connectivity index (χ2n) is 8.23. The molecule has 3 aromatic rings. The van der Waals surface area contributed by atoms with Crippen molar-refractivity contribution in [2.75, 3.05) is 50.7 Å². The summed E-state index contributed by atoms with van der Waals surface area (Å²) >= 11 is 0. The molecule has 2 saturated heterocycles. The van der Waals surface area contributed by atoms with Gasteiger partial charge in [-0.3, -0.25) is 9.69 Å². The van der Waals surface area contributed by atoms with Crippen molar-refractivity contribution < 1.29 is 4.79 Å². The molecule has 32 heavy (non-hydrogen) atoms. The van der Waals surface area contributed by atoms with Gasteiger partial charge in [0.15, 0.2) is 5.82 Å². The van der Waals surface area contributed by atoms with Gasteiger partial charge in [0.1, 0.15) is 12.1 Å². The molecule has 4 heterocycles. The second-order valence-corrected chi connectivity index (χ2v) is 8.23. The maximum atomic E-state index is 12.9. The Morgan fingerprint density at radius 1 is 1.00 bits per heavy atom. The molecular formula is C24H27N7O. The molecule has 2 aromatic heterocycles. The SMILES string of the molecule is O=C(C1CN(c2cc(-n3cccn3)ncn2)C1)N1CCN(C/C=C/c2ccccc2)CC1. The summed E-state index contributed by atoms with van der Waals surface area (Å²) in [7, 11) is 0. The minimum absolute atomic E-state index is 0.0441. The Morgan fingerprint density at radius 2 is 1.78 bits per heavy atom. The molecule has 2 fully saturated rings. The molecule has 0 radical (unpaired) electrons. The first-order valence-electron chi connectivity index (χ1n) is 11.1. The molecule has 0 unspecified atom stereocenters. The fourth-order valence-corrected chi connectivity index (χ4v) is 4.17. The van der Waals surface area contributed by atoms with Crippen LogP contribution in [0.1, 0.15) is 5.56 Å². The van der Waals surface area contributed by atoms with E-state index in [2.05, 4.69) is 61.3 Å². The summed E-state index contributed by atoms with van der Waals surface area (Å²) in [4.78, 5) is 28.1. The van der Waals surface area contributed by atoms with Crippen LogP contribution in [0.5, 0.6) is 0 Å². The molecule has 8 nitrogen and oxygen atoms in total. The maximum Gasteiger partial charge on any atom is 0.229 e. The number of hydrogen-bond acceptors (Lipinski definition) is 6. The predicted molar refractivity (Wildman–Crippen MR) is 123 cm³/mol. The van der Waals surface area contributed by atoms with E-state index >= 15 is 0 Å². The number of benzene rings is 1. The van der Waals surface area contributed by atoms with Gasteiger partial charge in [0.2, 0.25) is 5.91 Å². The lowest BCUT2D eigenvalue weighted by Crippen LogP contribution is -2.58. The van der Waals surface area contributed by atoms with Gasteiger partial charge in [-0.2, -0.15) is 5.10 Å². The second kappa shape index (κ2) is 9.32. The standard InChI is InChI=1S/C24H27N7O/c32-24(29-14-12-28(13-15-29)10-4-8-20-6-2-1-3-7-20)21-17-30(18-21)22-16-23(26-19-25-22)31-11-5-9-27-31/h1-9,11,16,19,21H,10,12-15,17-18H2/b8-4+. The Labute approximate surface area is 187 Å². The summed E-state index contributed by atoms with van der Waals surface area (Å²) in [5.41, 5.74) is 1.22. The van der Waals surface area contributed by atoms with Crippen molar-refractivity contribution in [2.45, 2.75) is 0 Å². The van der Waals surface area contributed by atoms with E-state index in [0.717, 1.165) is 44.4 Å². The first-order chi connectivity index (χ1) is 15.8. The van der Waals surface area contributed by atoms with Crippen LogP contribution in [0.15, 0.2) is 67.3 Å². The van der Waals surface area contributed by atoms with Crippen molar-refractivity contribution in [3.63, 3.8) is 0 Å². The van der Waals surface area contributed by atoms with E-state index in [0.29, 0.717) is 13.1 Å². The smallest absolute Gasteiger partial charge is 0.229 e. The number of nitrogens with zero attached hydrogens (tertiary/aromatic N) is 7. The summed E-state index contributed by atoms with van der Waals surface area (Å²) in [6.07, 6.45) is 9.49. The van der Waals surface area contributed by atoms with Gasteiger partial charge in [0.25, 0.3) is 0 Å². The first-order valence-corrected chi connectivity index (χ1v) is 11.1. The van der Waals surface area contributed by atoms with E-state index in [1.54, 1.807) is 17.2 Å². The van der Waals surface area contributed by atoms with Crippen molar-refractivity contribution in [3.8, 4) is 5.82 Å². The summed E-state index contributed by atoms with van der Waals surface area (Å²) in [5.74, 6) is 1.88. The highest BCUT2D eigenvalue weighted by molar-refractivity contribution is 5.82. The maximum absolute atomic E-state index is 12.9. The van der Waals surface area contributed by atoms with E-state index in [4.69, 9.17) is 0 Å². The number of piperazine rings is 1. The lowest BCUT2D eigenvalue weighted by molar-refractivity contribution is -0.138. The number of amides is 1. The molecule has 0 saturated carbocycles. The molecule has 1 amide bonds. The van der Waals surface area contributed by atoms with Gasteiger partial charge in [-0.05, 0) is 11.6 Å². The first kappa shape index (κ1) is 20.4. The van der Waals surface area contributed by atoms with Crippen LogP contribution in [-0.4, -0.2) is 81.3 Å². The van der Waals surface area contributed by atoms with E-state index in [1.165, 1.54) is 5.56 Å². The molecule has 164 valence electrons. The van der Waals surface area contributed by atoms with Crippen LogP contribution in [0, 0.1) is 5.92 Å². The lowest BCUT2D eigenvalue weighted by atomic mass is 9.98. The van der Waals surface area contributed by atoms with Crippen LogP contribution in [0.25, 0.3) is 11.9 Å². The van der Waals surface area contributed by atoms with Gasteiger partial charge in [-0.25, -0.2) is 14.6 Å². The third kappa shape index (κ3) is 4.55. The highest BCUT2D eigenvalue weighted by Crippen LogP contribution is 2.25. The molecular weight excluding hydrogens is 402 g/mol. The van der Waals surface area contributed by atoms with Crippen LogP contribution < -0.4 is 4.90 Å². The predicted octanol–water partition coefficient (Wildman–Crippen LogP) is 1.96. The molecule has 0 aliphatic carbocycles. The monoisotopic (exact) mass is 429 g/mol. The molecule has 2 aliphatic rings. The van der Waals surface area contributed by atoms with Crippen molar-refractivity contribution in [1.82, 2.24) is 29.5 Å². The third-order valence-corrected chi connectivity index (χ3v) is 6.09. The van der Waals surface area contributed by atoms with Crippen LogP contribution in [0.3, 0.4) is 0 Å². The van der Waals surface area contributed by atoms with E-state index in [1.807, 2.05) is 29.3 Å². The van der Waals surface area contributed by atoms with Crippen LogP contribution in [-0.2, 0) is 4.79 Å². The lowest BCUT2D eigenvalue weighted by Gasteiger charge is -2.43. The molecule has 8 heteroatoms.